The fraction of sp³-hybridized carbons (Fsp3) is 0. The zero-order chi connectivity index (χ0) is 9.19. The smallest absolute Gasteiger partial charge is 0.282 e. The first kappa shape index (κ1) is 13.1. The van der Waals surface area contributed by atoms with Gasteiger partial charge in [-0.15, -0.1) is 0 Å². The Kier molecular flexibility index (Phi) is 5.17. The first-order valence-corrected chi connectivity index (χ1v) is 4.68. The third-order valence-corrected chi connectivity index (χ3v) is 2.34. The van der Waals surface area contributed by atoms with Crippen LogP contribution in [0.25, 0.3) is 6.08 Å². The second kappa shape index (κ2) is 5.12. The average Bonchev–Trinajstić information content (AvgIpc) is 2.03. The van der Waals surface area contributed by atoms with Crippen molar-refractivity contribution in [2.45, 2.75) is 4.90 Å². The Morgan fingerprint density at radius 1 is 1.31 bits per heavy atom. The molecule has 0 bridgehead atoms. The SMILES string of the molecule is C=Cc1ccccc1S(=O)(=O)O.[Ca+2]. The van der Waals surface area contributed by atoms with E-state index in [-0.39, 0.29) is 42.6 Å². The Labute approximate surface area is 107 Å². The third kappa shape index (κ3) is 3.40. The molecule has 0 saturated carbocycles. The topological polar surface area (TPSA) is 54.4 Å². The Hall–Kier alpha value is 0.130. The summed E-state index contributed by atoms with van der Waals surface area (Å²) < 4.78 is 30.2. The van der Waals surface area contributed by atoms with Crippen LogP contribution in [0.5, 0.6) is 0 Å². The molecular formula is C8H8CaO3S+2. The molecule has 0 aliphatic rings. The van der Waals surface area contributed by atoms with Crippen LogP contribution in [0.2, 0.25) is 0 Å². The Morgan fingerprint density at radius 2 is 1.85 bits per heavy atom. The Morgan fingerprint density at radius 3 is 2.23 bits per heavy atom. The van der Waals surface area contributed by atoms with Gasteiger partial charge in [-0.05, 0) is 11.6 Å². The first-order chi connectivity index (χ1) is 5.55. The van der Waals surface area contributed by atoms with Crippen molar-refractivity contribution in [1.82, 2.24) is 0 Å². The molecule has 0 amide bonds. The molecule has 0 aliphatic carbocycles. The molecule has 0 spiro atoms. The monoisotopic (exact) mass is 224 g/mol. The molecule has 3 nitrogen and oxygen atoms in total. The molecule has 1 aromatic carbocycles. The van der Waals surface area contributed by atoms with Crippen LogP contribution < -0.4 is 0 Å². The minimum absolute atomic E-state index is 0. The van der Waals surface area contributed by atoms with E-state index in [1.807, 2.05) is 0 Å². The Bertz CT molecular complexity index is 398. The Balaban J connectivity index is 0.00000144. The average molecular weight is 224 g/mol. The van der Waals surface area contributed by atoms with Crippen molar-refractivity contribution >= 4 is 53.9 Å². The van der Waals surface area contributed by atoms with Gasteiger partial charge in [0.15, 0.2) is 0 Å². The van der Waals surface area contributed by atoms with E-state index in [9.17, 15) is 8.42 Å². The van der Waals surface area contributed by atoms with Crippen LogP contribution in [0, 0.1) is 0 Å². The van der Waals surface area contributed by atoms with Gasteiger partial charge in [-0.25, -0.2) is 0 Å². The number of benzene rings is 1. The molecular weight excluding hydrogens is 216 g/mol. The van der Waals surface area contributed by atoms with Crippen molar-refractivity contribution in [3.63, 3.8) is 0 Å². The molecule has 5 heteroatoms. The summed E-state index contributed by atoms with van der Waals surface area (Å²) in [4.78, 5) is -0.111. The van der Waals surface area contributed by atoms with Crippen LogP contribution in [-0.4, -0.2) is 50.7 Å². The van der Waals surface area contributed by atoms with Gasteiger partial charge in [0, 0.05) is 0 Å². The van der Waals surface area contributed by atoms with E-state index in [2.05, 4.69) is 6.58 Å². The number of hydrogen-bond donors (Lipinski definition) is 1. The van der Waals surface area contributed by atoms with E-state index < -0.39 is 10.1 Å². The third-order valence-electron chi connectivity index (χ3n) is 1.42. The maximum absolute atomic E-state index is 10.7. The quantitative estimate of drug-likeness (QED) is 0.606. The van der Waals surface area contributed by atoms with Gasteiger partial charge in [0.1, 0.15) is 4.90 Å². The molecule has 1 N–H and O–H groups in total. The fourth-order valence-corrected chi connectivity index (χ4v) is 1.58. The van der Waals surface area contributed by atoms with Crippen molar-refractivity contribution < 1.29 is 13.0 Å². The maximum atomic E-state index is 10.7. The first-order valence-electron chi connectivity index (χ1n) is 3.24. The van der Waals surface area contributed by atoms with Gasteiger partial charge in [-0.3, -0.25) is 4.55 Å². The van der Waals surface area contributed by atoms with Gasteiger partial charge in [0.2, 0.25) is 0 Å². The molecule has 0 saturated heterocycles. The van der Waals surface area contributed by atoms with Crippen molar-refractivity contribution in [1.29, 1.82) is 0 Å². The van der Waals surface area contributed by atoms with Crippen LogP contribution in [0.4, 0.5) is 0 Å². The van der Waals surface area contributed by atoms with Gasteiger partial charge in [-0.1, -0.05) is 30.9 Å². The zero-order valence-corrected chi connectivity index (χ0v) is 10.00. The van der Waals surface area contributed by atoms with Crippen molar-refractivity contribution in [2.24, 2.45) is 0 Å². The maximum Gasteiger partial charge on any atom is 2.00 e. The van der Waals surface area contributed by atoms with Gasteiger partial charge >= 0.3 is 37.7 Å². The summed E-state index contributed by atoms with van der Waals surface area (Å²) in [6.45, 7) is 3.43. The van der Waals surface area contributed by atoms with Gasteiger partial charge in [-0.2, -0.15) is 8.42 Å². The molecule has 0 fully saturated rings. The molecule has 0 atom stereocenters. The van der Waals surface area contributed by atoms with Crippen LogP contribution in [-0.2, 0) is 10.1 Å². The predicted octanol–water partition coefficient (Wildman–Crippen LogP) is 1.20. The van der Waals surface area contributed by atoms with Crippen molar-refractivity contribution in [3.8, 4) is 0 Å². The van der Waals surface area contributed by atoms with Gasteiger partial charge < -0.3 is 0 Å². The van der Waals surface area contributed by atoms with E-state index in [1.54, 1.807) is 12.1 Å². The van der Waals surface area contributed by atoms with Gasteiger partial charge in [0.05, 0.1) is 0 Å². The molecule has 0 heterocycles. The molecule has 0 aliphatic heterocycles. The molecule has 13 heavy (non-hydrogen) atoms. The minimum atomic E-state index is -4.12. The summed E-state index contributed by atoms with van der Waals surface area (Å²) in [6.07, 6.45) is 1.38. The molecule has 64 valence electrons. The molecule has 1 aromatic rings. The van der Waals surface area contributed by atoms with E-state index in [1.165, 1.54) is 18.2 Å². The molecule has 0 aromatic heterocycles. The van der Waals surface area contributed by atoms with E-state index in [4.69, 9.17) is 4.55 Å². The van der Waals surface area contributed by atoms with Crippen molar-refractivity contribution in [2.75, 3.05) is 0 Å². The van der Waals surface area contributed by atoms with E-state index in [0.717, 1.165) is 0 Å². The summed E-state index contributed by atoms with van der Waals surface area (Å²) >= 11 is 0. The van der Waals surface area contributed by atoms with Crippen molar-refractivity contribution in [3.05, 3.63) is 36.4 Å². The van der Waals surface area contributed by atoms with Crippen LogP contribution in [0.3, 0.4) is 0 Å². The zero-order valence-electron chi connectivity index (χ0n) is 6.97. The summed E-state index contributed by atoms with van der Waals surface area (Å²) in [7, 11) is -4.12. The standard InChI is InChI=1S/C8H8O3S.Ca/c1-2-7-5-3-4-6-8(7)12(9,10)11;/h2-6H,1H2,(H,9,10,11);/q;+2. The van der Waals surface area contributed by atoms with E-state index >= 15 is 0 Å². The summed E-state index contributed by atoms with van der Waals surface area (Å²) in [5.74, 6) is 0. The summed E-state index contributed by atoms with van der Waals surface area (Å²) in [5.41, 5.74) is 0.403. The van der Waals surface area contributed by atoms with E-state index in [0.29, 0.717) is 5.56 Å². The number of rotatable bonds is 2. The fourth-order valence-electron chi connectivity index (χ4n) is 0.884. The molecule has 1 rings (SSSR count). The van der Waals surface area contributed by atoms with Crippen LogP contribution >= 0.6 is 0 Å². The molecule has 0 unspecified atom stereocenters. The van der Waals surface area contributed by atoms with Gasteiger partial charge in [0.25, 0.3) is 10.1 Å². The summed E-state index contributed by atoms with van der Waals surface area (Å²) in [5, 5.41) is 0. The van der Waals surface area contributed by atoms with Crippen LogP contribution in [0.1, 0.15) is 5.56 Å². The molecule has 0 radical (unpaired) electrons. The largest absolute Gasteiger partial charge is 2.00 e. The normalized spacial score (nSPS) is 10.2. The second-order valence-corrected chi connectivity index (χ2v) is 3.61. The summed E-state index contributed by atoms with van der Waals surface area (Å²) in [6, 6.07) is 6.10. The number of hydrogen-bond acceptors (Lipinski definition) is 2. The second-order valence-electron chi connectivity index (χ2n) is 2.22. The van der Waals surface area contributed by atoms with Crippen LogP contribution in [0.15, 0.2) is 35.7 Å². The minimum Gasteiger partial charge on any atom is -0.282 e. The predicted molar refractivity (Wildman–Crippen MR) is 52.1 cm³/mol.